The van der Waals surface area contributed by atoms with Crippen molar-refractivity contribution in [3.8, 4) is 0 Å². The summed E-state index contributed by atoms with van der Waals surface area (Å²) in [5.41, 5.74) is 3.97. The molecule has 2 N–H and O–H groups in total. The van der Waals surface area contributed by atoms with E-state index in [1.807, 2.05) is 0 Å². The molecule has 0 radical (unpaired) electrons. The van der Waals surface area contributed by atoms with Gasteiger partial charge in [-0.1, -0.05) is 0 Å². The molecule has 0 saturated heterocycles. The Hall–Kier alpha value is -1.44. The van der Waals surface area contributed by atoms with Gasteiger partial charge in [0.1, 0.15) is 0 Å². The summed E-state index contributed by atoms with van der Waals surface area (Å²) in [6.45, 7) is 0. The van der Waals surface area contributed by atoms with E-state index < -0.39 is 48.1 Å². The minimum atomic E-state index is -7.97. The van der Waals surface area contributed by atoms with Crippen LogP contribution in [0.3, 0.4) is 0 Å². The Labute approximate surface area is 117 Å². The Morgan fingerprint density at radius 3 is 1.17 bits per heavy atom. The molecule has 23 heavy (non-hydrogen) atoms. The van der Waals surface area contributed by atoms with Crippen molar-refractivity contribution in [2.24, 2.45) is 5.73 Å². The molecule has 0 atom stereocenters. The predicted octanol–water partition coefficient (Wildman–Crippen LogP) is 3.60. The summed E-state index contributed by atoms with van der Waals surface area (Å²) in [4.78, 5) is 10.0. The first-order valence-electron chi connectivity index (χ1n) is 4.91. The molecule has 0 fully saturated rings. The van der Waals surface area contributed by atoms with Gasteiger partial charge in [0, 0.05) is 0 Å². The topological polar surface area (TPSA) is 43.1 Å². The Bertz CT molecular complexity index is 465. The van der Waals surface area contributed by atoms with E-state index in [1.54, 1.807) is 0 Å². The highest BCUT2D eigenvalue weighted by Gasteiger charge is 2.90. The Kier molecular flexibility index (Phi) is 4.96. The van der Waals surface area contributed by atoms with E-state index in [0.717, 1.165) is 0 Å². The van der Waals surface area contributed by atoms with Crippen LogP contribution in [0, 0.1) is 0 Å². The number of primary amides is 1. The van der Waals surface area contributed by atoms with E-state index in [2.05, 4.69) is 5.73 Å². The maximum absolute atomic E-state index is 12.9. The molecule has 0 aromatic rings. The van der Waals surface area contributed by atoms with E-state index in [1.165, 1.54) is 0 Å². The molecule has 138 valence electrons. The number of rotatable bonds is 6. The quantitative estimate of drug-likeness (QED) is 0.707. The molecule has 0 spiro atoms. The van der Waals surface area contributed by atoms with E-state index in [4.69, 9.17) is 0 Å². The summed E-state index contributed by atoms with van der Waals surface area (Å²) in [5.74, 6) is -40.0. The fraction of sp³-hybridized carbons (Fsp3) is 0.875. The van der Waals surface area contributed by atoms with Crippen LogP contribution < -0.4 is 5.73 Å². The molecule has 0 aliphatic rings. The average molecular weight is 377 g/mol. The zero-order valence-electron chi connectivity index (χ0n) is 10.1. The normalized spacial score (nSPS) is 15.7. The first-order chi connectivity index (χ1) is 9.67. The minimum absolute atomic E-state index is 2.43. The third-order valence-electron chi connectivity index (χ3n) is 2.39. The van der Waals surface area contributed by atoms with Crippen molar-refractivity contribution < 1.29 is 61.9 Å². The molecule has 0 aliphatic carbocycles. The fourth-order valence-electron chi connectivity index (χ4n) is 1.13. The first-order valence-corrected chi connectivity index (χ1v) is 4.91. The second kappa shape index (κ2) is 5.29. The van der Waals surface area contributed by atoms with Crippen molar-refractivity contribution in [2.75, 3.05) is 0 Å². The van der Waals surface area contributed by atoms with Crippen LogP contribution in [0.1, 0.15) is 6.42 Å². The average Bonchev–Trinajstić information content (AvgIpc) is 2.24. The van der Waals surface area contributed by atoms with Gasteiger partial charge in [0.25, 0.3) is 0 Å². The van der Waals surface area contributed by atoms with Crippen LogP contribution in [0.4, 0.5) is 57.1 Å². The summed E-state index contributed by atoms with van der Waals surface area (Å²) in [5, 5.41) is 0. The number of alkyl halides is 13. The predicted molar refractivity (Wildman–Crippen MR) is 44.6 cm³/mol. The van der Waals surface area contributed by atoms with Gasteiger partial charge in [-0.15, -0.1) is 0 Å². The van der Waals surface area contributed by atoms with Crippen LogP contribution in [-0.4, -0.2) is 41.7 Å². The summed E-state index contributed by atoms with van der Waals surface area (Å²) in [6, 6.07) is 0. The second-order valence-corrected chi connectivity index (χ2v) is 4.14. The van der Waals surface area contributed by atoms with Crippen LogP contribution in [0.25, 0.3) is 0 Å². The number of halogens is 13. The SMILES string of the molecule is NC(=O)CC(F)(F)C(F)(F)C(F)(F)C(F)(F)C(F)(F)C(F)(F)F. The van der Waals surface area contributed by atoms with Crippen molar-refractivity contribution in [2.45, 2.75) is 42.2 Å². The van der Waals surface area contributed by atoms with E-state index in [0.29, 0.717) is 0 Å². The molecule has 0 aromatic heterocycles. The van der Waals surface area contributed by atoms with Gasteiger partial charge in [0.05, 0.1) is 6.42 Å². The van der Waals surface area contributed by atoms with Gasteiger partial charge in [-0.3, -0.25) is 4.79 Å². The Balaban J connectivity index is 6.19. The number of carbonyl (C=O) groups excluding carboxylic acids is 1. The third-order valence-corrected chi connectivity index (χ3v) is 2.39. The largest absolute Gasteiger partial charge is 0.460 e. The second-order valence-electron chi connectivity index (χ2n) is 4.14. The van der Waals surface area contributed by atoms with Crippen molar-refractivity contribution >= 4 is 5.91 Å². The maximum atomic E-state index is 12.9. The molecule has 0 bridgehead atoms. The highest BCUT2D eigenvalue weighted by molar-refractivity contribution is 5.74. The van der Waals surface area contributed by atoms with Crippen molar-refractivity contribution in [3.63, 3.8) is 0 Å². The van der Waals surface area contributed by atoms with Crippen LogP contribution in [0.15, 0.2) is 0 Å². The highest BCUT2D eigenvalue weighted by atomic mass is 19.4. The van der Waals surface area contributed by atoms with Crippen molar-refractivity contribution in [1.82, 2.24) is 0 Å². The number of hydrogen-bond donors (Lipinski definition) is 1. The van der Waals surface area contributed by atoms with Crippen LogP contribution >= 0.6 is 0 Å². The molecule has 2 nitrogen and oxygen atoms in total. The first kappa shape index (κ1) is 21.6. The fourth-order valence-corrected chi connectivity index (χ4v) is 1.13. The molecular formula is C8H4F13NO. The Morgan fingerprint density at radius 1 is 0.609 bits per heavy atom. The summed E-state index contributed by atoms with van der Waals surface area (Å²) >= 11 is 0. The molecule has 1 amide bonds. The number of nitrogens with two attached hydrogens (primary N) is 1. The molecule has 15 heteroatoms. The Morgan fingerprint density at radius 2 is 0.913 bits per heavy atom. The number of carbonyl (C=O) groups is 1. The van der Waals surface area contributed by atoms with Gasteiger partial charge >= 0.3 is 35.8 Å². The summed E-state index contributed by atoms with van der Waals surface area (Å²) in [6.07, 6.45) is -10.5. The minimum Gasteiger partial charge on any atom is -0.369 e. The van der Waals surface area contributed by atoms with E-state index >= 15 is 0 Å². The van der Waals surface area contributed by atoms with Gasteiger partial charge in [-0.25, -0.2) is 0 Å². The van der Waals surface area contributed by atoms with Gasteiger partial charge < -0.3 is 5.73 Å². The standard InChI is InChI=1S/C8H4F13NO/c9-3(10,1-2(22)23)4(11,12)5(13,14)6(15,16)7(17,18)8(19,20)21/h1H2,(H2,22,23). The van der Waals surface area contributed by atoms with Crippen LogP contribution in [-0.2, 0) is 4.79 Å². The van der Waals surface area contributed by atoms with Gasteiger partial charge in [-0.05, 0) is 0 Å². The molecule has 0 saturated carbocycles. The van der Waals surface area contributed by atoms with Crippen molar-refractivity contribution in [1.29, 1.82) is 0 Å². The molecule has 0 aromatic carbocycles. The number of amides is 1. The van der Waals surface area contributed by atoms with Crippen LogP contribution in [0.2, 0.25) is 0 Å². The lowest BCUT2D eigenvalue weighted by atomic mass is 9.92. The number of hydrogen-bond acceptors (Lipinski definition) is 1. The van der Waals surface area contributed by atoms with Gasteiger partial charge in [0.2, 0.25) is 5.91 Å². The monoisotopic (exact) mass is 377 g/mol. The third kappa shape index (κ3) is 3.00. The van der Waals surface area contributed by atoms with E-state index in [-0.39, 0.29) is 0 Å². The summed E-state index contributed by atoms with van der Waals surface area (Å²) in [7, 11) is 0. The smallest absolute Gasteiger partial charge is 0.369 e. The summed E-state index contributed by atoms with van der Waals surface area (Å²) < 4.78 is 162. The molecule has 0 rings (SSSR count). The zero-order chi connectivity index (χ0) is 19.3. The van der Waals surface area contributed by atoms with E-state index in [9.17, 15) is 61.9 Å². The molecule has 0 unspecified atom stereocenters. The lowest BCUT2D eigenvalue weighted by Gasteiger charge is -2.39. The lowest BCUT2D eigenvalue weighted by molar-refractivity contribution is -0.439. The molecular weight excluding hydrogens is 373 g/mol. The van der Waals surface area contributed by atoms with Gasteiger partial charge in [0.15, 0.2) is 0 Å². The van der Waals surface area contributed by atoms with Gasteiger partial charge in [-0.2, -0.15) is 57.1 Å². The lowest BCUT2D eigenvalue weighted by Crippen LogP contribution is -2.70. The highest BCUT2D eigenvalue weighted by Crippen LogP contribution is 2.60. The molecule has 0 aliphatic heterocycles. The molecule has 0 heterocycles. The van der Waals surface area contributed by atoms with Crippen molar-refractivity contribution in [3.05, 3.63) is 0 Å². The maximum Gasteiger partial charge on any atom is 0.460 e. The zero-order valence-corrected chi connectivity index (χ0v) is 10.1. The van der Waals surface area contributed by atoms with Crippen LogP contribution in [0.5, 0.6) is 0 Å².